The molecule has 3 heterocycles. The van der Waals surface area contributed by atoms with Gasteiger partial charge in [-0.2, -0.15) is 5.10 Å². The summed E-state index contributed by atoms with van der Waals surface area (Å²) in [5.74, 6) is 1.74. The van der Waals surface area contributed by atoms with Crippen LogP contribution in [0.15, 0.2) is 48.8 Å². The molecule has 0 radical (unpaired) electrons. The number of hydrogen-bond acceptors (Lipinski definition) is 7. The molecule has 0 bridgehead atoms. The fourth-order valence-electron chi connectivity index (χ4n) is 3.85. The van der Waals surface area contributed by atoms with Crippen LogP contribution in [0.4, 0.5) is 5.82 Å². The average Bonchev–Trinajstić information content (AvgIpc) is 3.36. The first-order chi connectivity index (χ1) is 15.4. The van der Waals surface area contributed by atoms with Crippen molar-refractivity contribution in [1.29, 1.82) is 0 Å². The van der Waals surface area contributed by atoms with Crippen LogP contribution in [0.2, 0.25) is 0 Å². The molecule has 0 spiro atoms. The molecule has 0 saturated carbocycles. The number of carbonyl (C=O) groups is 1. The summed E-state index contributed by atoms with van der Waals surface area (Å²) < 4.78 is 13.4. The van der Waals surface area contributed by atoms with Gasteiger partial charge in [0.1, 0.15) is 23.4 Å². The van der Waals surface area contributed by atoms with Gasteiger partial charge in [0.25, 0.3) is 5.91 Å². The van der Waals surface area contributed by atoms with Crippen molar-refractivity contribution in [3.05, 3.63) is 65.7 Å². The molecule has 1 aliphatic heterocycles. The van der Waals surface area contributed by atoms with Gasteiger partial charge in [-0.3, -0.25) is 4.79 Å². The van der Waals surface area contributed by atoms with Gasteiger partial charge in [0, 0.05) is 17.9 Å². The Balaban J connectivity index is 1.40. The minimum Gasteiger partial charge on any atom is -0.451 e. The molecule has 9 nitrogen and oxygen atoms in total. The molecule has 2 aromatic heterocycles. The number of fused-ring (bicyclic) bond motifs is 2. The predicted octanol–water partition coefficient (Wildman–Crippen LogP) is 2.94. The number of ether oxygens (including phenoxy) is 2. The van der Waals surface area contributed by atoms with E-state index >= 15 is 0 Å². The molecule has 9 heteroatoms. The zero-order valence-corrected chi connectivity index (χ0v) is 17.6. The van der Waals surface area contributed by atoms with E-state index in [0.717, 1.165) is 22.6 Å². The fourth-order valence-corrected chi connectivity index (χ4v) is 3.85. The number of benzene rings is 2. The summed E-state index contributed by atoms with van der Waals surface area (Å²) in [6.45, 7) is 4.12. The number of rotatable bonds is 5. The van der Waals surface area contributed by atoms with Gasteiger partial charge in [0.15, 0.2) is 17.3 Å². The Labute approximate surface area is 184 Å². The molecule has 1 aliphatic rings. The van der Waals surface area contributed by atoms with Crippen LogP contribution in [0.25, 0.3) is 16.8 Å². The van der Waals surface area contributed by atoms with E-state index in [4.69, 9.17) is 25.9 Å². The largest absolute Gasteiger partial charge is 0.451 e. The van der Waals surface area contributed by atoms with Crippen LogP contribution >= 0.6 is 0 Å². The zero-order chi connectivity index (χ0) is 22.4. The standard InChI is InChI=1S/C23H22N6O3/c1-12(2)23-28-18(19-21(24)26-11-27-29(19)23)14-8-6-13(7-9-14)10-17-31-16-5-3-4-15(22(25)30)20(16)32-17/h3-9,11-12,17H,10H2,1-2H3,(H2,25,30)(H2,24,26,27). The third-order valence-electron chi connectivity index (χ3n) is 5.38. The van der Waals surface area contributed by atoms with E-state index < -0.39 is 12.2 Å². The Bertz CT molecular complexity index is 1330. The third kappa shape index (κ3) is 3.27. The smallest absolute Gasteiger partial charge is 0.252 e. The monoisotopic (exact) mass is 430 g/mol. The molecular formula is C23H22N6O3. The SMILES string of the molecule is CC(C)c1nc(-c2ccc(CC3Oc4cccc(C(N)=O)c4O3)cc2)c2c(N)ncnn12. The Morgan fingerprint density at radius 3 is 2.66 bits per heavy atom. The number of nitrogen functional groups attached to an aromatic ring is 1. The van der Waals surface area contributed by atoms with Crippen LogP contribution in [0.1, 0.15) is 41.5 Å². The summed E-state index contributed by atoms with van der Waals surface area (Å²) >= 11 is 0. The molecule has 0 fully saturated rings. The molecule has 0 aliphatic carbocycles. The van der Waals surface area contributed by atoms with E-state index in [-0.39, 0.29) is 5.92 Å². The minimum atomic E-state index is -0.549. The molecule has 1 amide bonds. The van der Waals surface area contributed by atoms with Gasteiger partial charge in [-0.1, -0.05) is 44.2 Å². The fraction of sp³-hybridized carbons (Fsp3) is 0.217. The lowest BCUT2D eigenvalue weighted by molar-refractivity contribution is 0.0497. The van der Waals surface area contributed by atoms with E-state index in [1.807, 2.05) is 24.3 Å². The number of anilines is 1. The van der Waals surface area contributed by atoms with E-state index in [2.05, 4.69) is 23.9 Å². The first-order valence-electron chi connectivity index (χ1n) is 10.3. The minimum absolute atomic E-state index is 0.174. The van der Waals surface area contributed by atoms with E-state index in [1.165, 1.54) is 6.33 Å². The van der Waals surface area contributed by atoms with Crippen molar-refractivity contribution in [1.82, 2.24) is 19.6 Å². The number of nitrogens with two attached hydrogens (primary N) is 2. The second-order valence-electron chi connectivity index (χ2n) is 7.94. The lowest BCUT2D eigenvalue weighted by Crippen LogP contribution is -2.21. The number of primary amides is 1. The Morgan fingerprint density at radius 1 is 1.16 bits per heavy atom. The quantitative estimate of drug-likeness (QED) is 0.498. The second-order valence-corrected chi connectivity index (χ2v) is 7.94. The number of hydrogen-bond donors (Lipinski definition) is 2. The van der Waals surface area contributed by atoms with E-state index in [9.17, 15) is 4.79 Å². The van der Waals surface area contributed by atoms with Gasteiger partial charge in [-0.15, -0.1) is 0 Å². The van der Waals surface area contributed by atoms with Gasteiger partial charge in [0.2, 0.25) is 6.29 Å². The Kier molecular flexibility index (Phi) is 4.66. The topological polar surface area (TPSA) is 131 Å². The number of para-hydroxylation sites is 1. The lowest BCUT2D eigenvalue weighted by atomic mass is 10.1. The van der Waals surface area contributed by atoms with Gasteiger partial charge in [0.05, 0.1) is 5.56 Å². The van der Waals surface area contributed by atoms with Crippen molar-refractivity contribution in [3.63, 3.8) is 0 Å². The Morgan fingerprint density at radius 2 is 1.94 bits per heavy atom. The molecule has 162 valence electrons. The Hall–Kier alpha value is -4.14. The van der Waals surface area contributed by atoms with Gasteiger partial charge in [-0.05, 0) is 17.7 Å². The van der Waals surface area contributed by atoms with Gasteiger partial charge >= 0.3 is 0 Å². The first kappa shape index (κ1) is 19.8. The van der Waals surface area contributed by atoms with Crippen molar-refractivity contribution >= 4 is 17.2 Å². The number of aromatic nitrogens is 4. The number of carbonyl (C=O) groups excluding carboxylic acids is 1. The zero-order valence-electron chi connectivity index (χ0n) is 17.6. The molecule has 1 unspecified atom stereocenters. The maximum Gasteiger partial charge on any atom is 0.252 e. The maximum atomic E-state index is 11.6. The molecule has 32 heavy (non-hydrogen) atoms. The number of amides is 1. The van der Waals surface area contributed by atoms with Crippen molar-refractivity contribution in [2.75, 3.05) is 5.73 Å². The third-order valence-corrected chi connectivity index (χ3v) is 5.38. The maximum absolute atomic E-state index is 11.6. The summed E-state index contributed by atoms with van der Waals surface area (Å²) in [6, 6.07) is 13.0. The van der Waals surface area contributed by atoms with E-state index in [0.29, 0.717) is 34.8 Å². The van der Waals surface area contributed by atoms with Crippen LogP contribution in [0.5, 0.6) is 11.5 Å². The number of imidazole rings is 1. The van der Waals surface area contributed by atoms with Gasteiger partial charge in [-0.25, -0.2) is 14.5 Å². The van der Waals surface area contributed by atoms with Crippen LogP contribution in [-0.2, 0) is 6.42 Å². The molecule has 1 atom stereocenters. The summed E-state index contributed by atoms with van der Waals surface area (Å²) in [4.78, 5) is 20.5. The molecule has 5 rings (SSSR count). The molecule has 4 aromatic rings. The van der Waals surface area contributed by atoms with Crippen LogP contribution in [0.3, 0.4) is 0 Å². The second kappa shape index (κ2) is 7.52. The van der Waals surface area contributed by atoms with Gasteiger partial charge < -0.3 is 20.9 Å². The summed E-state index contributed by atoms with van der Waals surface area (Å²) in [5, 5.41) is 4.33. The first-order valence-corrected chi connectivity index (χ1v) is 10.3. The van der Waals surface area contributed by atoms with Crippen LogP contribution in [0, 0.1) is 0 Å². The molecule has 0 saturated heterocycles. The van der Waals surface area contributed by atoms with E-state index in [1.54, 1.807) is 22.7 Å². The highest BCUT2D eigenvalue weighted by molar-refractivity contribution is 5.96. The highest BCUT2D eigenvalue weighted by atomic mass is 16.7. The number of nitrogens with zero attached hydrogens (tertiary/aromatic N) is 4. The molecular weight excluding hydrogens is 408 g/mol. The average molecular weight is 430 g/mol. The summed E-state index contributed by atoms with van der Waals surface area (Å²) in [6.07, 6.45) is 1.40. The lowest BCUT2D eigenvalue weighted by Gasteiger charge is -2.11. The van der Waals surface area contributed by atoms with Crippen LogP contribution < -0.4 is 20.9 Å². The summed E-state index contributed by atoms with van der Waals surface area (Å²) in [5.41, 5.74) is 15.2. The van der Waals surface area contributed by atoms with Crippen molar-refractivity contribution < 1.29 is 14.3 Å². The van der Waals surface area contributed by atoms with Crippen LogP contribution in [-0.4, -0.2) is 31.8 Å². The molecule has 2 aromatic carbocycles. The van der Waals surface area contributed by atoms with Crippen molar-refractivity contribution in [2.24, 2.45) is 5.73 Å². The highest BCUT2D eigenvalue weighted by Crippen LogP contribution is 2.38. The normalized spacial score (nSPS) is 14.9. The highest BCUT2D eigenvalue weighted by Gasteiger charge is 2.28. The predicted molar refractivity (Wildman–Crippen MR) is 118 cm³/mol. The molecule has 4 N–H and O–H groups in total. The summed E-state index contributed by atoms with van der Waals surface area (Å²) in [7, 11) is 0. The van der Waals surface area contributed by atoms with Crippen molar-refractivity contribution in [3.8, 4) is 22.8 Å². The van der Waals surface area contributed by atoms with Crippen molar-refractivity contribution in [2.45, 2.75) is 32.5 Å².